The van der Waals surface area contributed by atoms with Crippen LogP contribution in [0.3, 0.4) is 0 Å². The van der Waals surface area contributed by atoms with E-state index >= 15 is 0 Å². The van der Waals surface area contributed by atoms with Crippen LogP contribution >= 0.6 is 0 Å². The van der Waals surface area contributed by atoms with Gasteiger partial charge in [-0.05, 0) is 216 Å². The molecule has 4 aliphatic heterocycles. The summed E-state index contributed by atoms with van der Waals surface area (Å²) in [7, 11) is 0. The number of fused-ring (bicyclic) bond motifs is 16. The summed E-state index contributed by atoms with van der Waals surface area (Å²) in [5, 5.41) is 8.05. The number of nitrogens with zero attached hydrogens (tertiary/aromatic N) is 15. The van der Waals surface area contributed by atoms with Crippen molar-refractivity contribution in [3.63, 3.8) is 0 Å². The molecule has 15 heterocycles. The quantitative estimate of drug-likeness (QED) is 0.148. The third-order valence-corrected chi connectivity index (χ3v) is 20.9. The molecule has 19 nitrogen and oxygen atoms in total. The third kappa shape index (κ3) is 10.5. The van der Waals surface area contributed by atoms with Gasteiger partial charge in [0.25, 0.3) is 0 Å². The van der Waals surface area contributed by atoms with Gasteiger partial charge in [0.05, 0.1) is 55.3 Å². The fourth-order valence-corrected chi connectivity index (χ4v) is 16.4. The Hall–Kier alpha value is -12.3. The number of benzene rings is 5. The van der Waals surface area contributed by atoms with Gasteiger partial charge in [0.2, 0.25) is 22.9 Å². The maximum Gasteiger partial charge on any atom is 0.227 e. The highest BCUT2D eigenvalue weighted by Crippen LogP contribution is 2.53. The van der Waals surface area contributed by atoms with Gasteiger partial charge in [0.1, 0.15) is 24.7 Å². The minimum absolute atomic E-state index is 0.0182. The van der Waals surface area contributed by atoms with Crippen LogP contribution in [0.25, 0.3) is 88.3 Å². The zero-order chi connectivity index (χ0) is 78.5. The van der Waals surface area contributed by atoms with Gasteiger partial charge in [-0.15, -0.1) is 0 Å². The fraction of sp³-hybridized carbons (Fsp3) is 0.253. The molecule has 0 N–H and O–H groups in total. The van der Waals surface area contributed by atoms with Crippen LogP contribution < -0.4 is 39.2 Å². The molecule has 19 heteroatoms. The van der Waals surface area contributed by atoms with Gasteiger partial charge >= 0.3 is 0 Å². The summed E-state index contributed by atoms with van der Waals surface area (Å²) in [6, 6.07) is 49.9. The lowest BCUT2D eigenvalue weighted by Crippen LogP contribution is -2.42. The summed E-state index contributed by atoms with van der Waals surface area (Å²) >= 11 is 0. The molecular formula is C87H85N15O4. The molecule has 0 saturated heterocycles. The van der Waals surface area contributed by atoms with Crippen molar-refractivity contribution < 1.29 is 25.9 Å². The van der Waals surface area contributed by atoms with Crippen molar-refractivity contribution in [2.24, 2.45) is 0 Å². The average molecular weight is 1410 g/mol. The molecule has 0 radical (unpaired) electrons. The zero-order valence-electron chi connectivity index (χ0n) is 67.7. The Kier molecular flexibility index (Phi) is 14.9. The number of anilines is 12. The van der Waals surface area contributed by atoms with E-state index in [1.54, 1.807) is 55.5 Å². The van der Waals surface area contributed by atoms with Crippen LogP contribution in [0.5, 0.6) is 0 Å². The summed E-state index contributed by atoms with van der Waals surface area (Å²) in [4.78, 5) is 47.8. The number of para-hydroxylation sites is 2. The second-order valence-electron chi connectivity index (χ2n) is 28.1. The molecule has 4 aliphatic rings. The van der Waals surface area contributed by atoms with Gasteiger partial charge in [-0.2, -0.15) is 0 Å². The molecular weight excluding hydrogens is 1320 g/mol. The Labute approximate surface area is 624 Å². The maximum atomic E-state index is 8.71. The van der Waals surface area contributed by atoms with E-state index in [1.165, 1.54) is 4.90 Å². The lowest BCUT2D eigenvalue weighted by molar-refractivity contribution is 0.601. The van der Waals surface area contributed by atoms with E-state index in [1.807, 2.05) is 151 Å². The molecule has 0 saturated carbocycles. The van der Waals surface area contributed by atoms with E-state index in [4.69, 9.17) is 25.9 Å². The van der Waals surface area contributed by atoms with E-state index in [0.29, 0.717) is 39.9 Å². The van der Waals surface area contributed by atoms with Crippen molar-refractivity contribution in [3.05, 3.63) is 223 Å². The van der Waals surface area contributed by atoms with Crippen molar-refractivity contribution in [1.29, 1.82) is 0 Å². The molecule has 4 atom stereocenters. The summed E-state index contributed by atoms with van der Waals surface area (Å²) in [5.74, 6) is 2.30. The molecule has 0 aliphatic carbocycles. The number of hydrogen-bond donors (Lipinski definition) is 0. The standard InChI is InChI=1S/C23H23N3O.2C22H22N4O.C20H18N4O/c1-14(2)25-16(4)26(20-10-6-5-9-19(20)25)21-15(3)11-12-17-18-8-7-13-24-23(18)27-22(17)21;2*1-13(2)25-15(4)26(21-18(25)8-6-11-23-21)19-14(3)9-10-16-17-7-5-12-24-22(17)27-20(16)19;1-12-8-9-14-15-6-4-11-22-20(15)25-18(14)17(12)24-13(2)23(3)16-7-5-10-21-19(16)24/h5-14,16H,1-4H3;2*5-13,15H,1-4H3;4-11,13H,1-3H3/i14D;2*13D;3D3. The maximum absolute atomic E-state index is 8.71. The van der Waals surface area contributed by atoms with Gasteiger partial charge in [-0.3, -0.25) is 0 Å². The molecule has 532 valence electrons. The Bertz CT molecular complexity index is 5610. The van der Waals surface area contributed by atoms with Crippen LogP contribution in [0, 0.1) is 27.7 Å². The molecule has 0 fully saturated rings. The summed E-state index contributed by atoms with van der Waals surface area (Å²) < 4.78 is 74.9. The first-order valence-electron chi connectivity index (χ1n) is 38.9. The molecule has 4 unspecified atom stereocenters. The predicted octanol–water partition coefficient (Wildman–Crippen LogP) is 21.4. The van der Waals surface area contributed by atoms with Gasteiger partial charge in [-0.1, -0.05) is 60.7 Å². The number of furan rings is 4. The van der Waals surface area contributed by atoms with Gasteiger partial charge < -0.3 is 56.9 Å². The first kappa shape index (κ1) is 60.2. The second kappa shape index (κ2) is 26.2. The van der Waals surface area contributed by atoms with Crippen molar-refractivity contribution in [2.75, 3.05) is 46.2 Å². The lowest BCUT2D eigenvalue weighted by Gasteiger charge is -2.33. The summed E-state index contributed by atoms with van der Waals surface area (Å²) in [5.41, 5.74) is 18.4. The van der Waals surface area contributed by atoms with E-state index in [-0.39, 0.29) is 18.5 Å². The molecule has 5 aromatic carbocycles. The van der Waals surface area contributed by atoms with Crippen molar-refractivity contribution >= 4 is 157 Å². The smallest absolute Gasteiger partial charge is 0.227 e. The predicted molar refractivity (Wildman–Crippen MR) is 432 cm³/mol. The Morgan fingerprint density at radius 2 is 0.575 bits per heavy atom. The largest absolute Gasteiger partial charge is 0.435 e. The highest BCUT2D eigenvalue weighted by atomic mass is 16.4. The minimum atomic E-state index is -2.29. The van der Waals surface area contributed by atoms with Crippen molar-refractivity contribution in [3.8, 4) is 0 Å². The van der Waals surface area contributed by atoms with E-state index < -0.39 is 31.2 Å². The number of aromatic nitrogens is 7. The van der Waals surface area contributed by atoms with Gasteiger partial charge in [-0.25, -0.2) is 34.9 Å². The first-order valence-corrected chi connectivity index (χ1v) is 35.9. The molecule has 0 amide bonds. The van der Waals surface area contributed by atoms with Crippen molar-refractivity contribution in [2.45, 2.75) is 140 Å². The van der Waals surface area contributed by atoms with Gasteiger partial charge in [0, 0.05) is 116 Å². The number of hydrogen-bond acceptors (Lipinski definition) is 19. The molecule has 106 heavy (non-hydrogen) atoms. The topological polar surface area (TPSA) is 169 Å². The molecule has 16 aromatic rings. The fourth-order valence-electron chi connectivity index (χ4n) is 16.4. The van der Waals surface area contributed by atoms with Gasteiger partial charge in [0.15, 0.2) is 39.8 Å². The lowest BCUT2D eigenvalue weighted by atomic mass is 10.1. The first-order chi connectivity index (χ1) is 53.5. The normalized spacial score (nSPS) is 18.0. The zero-order valence-corrected chi connectivity index (χ0v) is 61.7. The van der Waals surface area contributed by atoms with E-state index in [2.05, 4.69) is 160 Å². The Morgan fingerprint density at radius 1 is 0.302 bits per heavy atom. The number of pyridine rings is 7. The molecule has 11 aromatic heterocycles. The Morgan fingerprint density at radius 3 is 0.925 bits per heavy atom. The van der Waals surface area contributed by atoms with Crippen LogP contribution in [-0.4, -0.2) is 84.6 Å². The molecule has 20 rings (SSSR count). The average Bonchev–Trinajstić information content (AvgIpc) is 1.58. The highest BCUT2D eigenvalue weighted by molar-refractivity contribution is 6.13. The van der Waals surface area contributed by atoms with Crippen molar-refractivity contribution in [1.82, 2.24) is 34.9 Å². The van der Waals surface area contributed by atoms with Crippen LogP contribution in [0.15, 0.2) is 219 Å². The summed E-state index contributed by atoms with van der Waals surface area (Å²) in [6.07, 6.45) is 11.6. The number of rotatable bonds is 7. The third-order valence-electron chi connectivity index (χ3n) is 20.9. The van der Waals surface area contributed by atoms with E-state index in [9.17, 15) is 0 Å². The van der Waals surface area contributed by atoms with Crippen LogP contribution in [0.1, 0.15) is 99.7 Å². The second-order valence-corrected chi connectivity index (χ2v) is 28.1. The van der Waals surface area contributed by atoms with Crippen LogP contribution in [-0.2, 0) is 0 Å². The number of aryl methyl sites for hydroxylation is 4. The SMILES string of the molecule is [2H]C(C)(C)N1c2ccccc2N(c2c(C)ccc3c2oc2ncccc23)C1C.[2H]C(C)(C)N1c2cccnc2N(c2c(C)ccc3c2oc2ncccc23)C1C.[2H]C(C)(C)N1c2cccnc2N(c2c(C)ccc3c2oc2ncccc23)C1C.[2H]C([2H])([2H])N1c2cccnc2N(c2c(C)ccc3c2oc2ncccc23)C1C. The summed E-state index contributed by atoms with van der Waals surface area (Å²) in [6.45, 7) is 25.7. The molecule has 0 spiro atoms. The van der Waals surface area contributed by atoms with E-state index in [0.717, 1.165) is 139 Å². The highest BCUT2D eigenvalue weighted by Gasteiger charge is 2.42. The monoisotopic (exact) mass is 1410 g/mol. The molecule has 0 bridgehead atoms. The van der Waals surface area contributed by atoms with Crippen LogP contribution in [0.2, 0.25) is 0 Å². The Balaban J connectivity index is 0.000000108. The minimum Gasteiger partial charge on any atom is -0.435 e. The van der Waals surface area contributed by atoms with Crippen LogP contribution in [0.4, 0.5) is 68.6 Å².